The third kappa shape index (κ3) is 7.68. The van der Waals surface area contributed by atoms with Gasteiger partial charge >= 0.3 is 0 Å². The highest BCUT2D eigenvalue weighted by molar-refractivity contribution is 7.85. The van der Waals surface area contributed by atoms with Gasteiger partial charge in [-0.2, -0.15) is 8.42 Å². The normalized spacial score (nSPS) is 12.1. The van der Waals surface area contributed by atoms with E-state index < -0.39 is 10.1 Å². The van der Waals surface area contributed by atoms with Gasteiger partial charge in [-0.15, -0.1) is 0 Å². The van der Waals surface area contributed by atoms with E-state index in [0.717, 1.165) is 5.56 Å². The molecule has 0 aromatic heterocycles. The quantitative estimate of drug-likeness (QED) is 0.460. The van der Waals surface area contributed by atoms with Crippen LogP contribution in [0, 0.1) is 0 Å². The van der Waals surface area contributed by atoms with E-state index in [-0.39, 0.29) is 5.75 Å². The number of benzene rings is 1. The van der Waals surface area contributed by atoms with Gasteiger partial charge in [-0.05, 0) is 12.0 Å². The van der Waals surface area contributed by atoms with Crippen LogP contribution in [0.5, 0.6) is 0 Å². The van der Waals surface area contributed by atoms with Crippen molar-refractivity contribution in [3.05, 3.63) is 48.0 Å². The molecule has 0 saturated carbocycles. The molecule has 1 rings (SSSR count). The zero-order valence-corrected chi connectivity index (χ0v) is 10.3. The summed E-state index contributed by atoms with van der Waals surface area (Å²) >= 11 is 0. The van der Waals surface area contributed by atoms with E-state index in [9.17, 15) is 8.42 Å². The van der Waals surface area contributed by atoms with Crippen LogP contribution in [0.2, 0.25) is 0 Å². The van der Waals surface area contributed by atoms with Gasteiger partial charge < -0.3 is 4.74 Å². The van der Waals surface area contributed by atoms with E-state index in [1.807, 2.05) is 30.3 Å². The van der Waals surface area contributed by atoms with Gasteiger partial charge in [0, 0.05) is 0 Å². The highest BCUT2D eigenvalue weighted by atomic mass is 32.2. The van der Waals surface area contributed by atoms with Crippen LogP contribution in [-0.4, -0.2) is 25.3 Å². The van der Waals surface area contributed by atoms with Gasteiger partial charge in [-0.1, -0.05) is 42.5 Å². The Kier molecular flexibility index (Phi) is 5.90. The molecule has 1 aromatic carbocycles. The summed E-state index contributed by atoms with van der Waals surface area (Å²) in [7, 11) is -3.85. The Morgan fingerprint density at radius 2 is 1.88 bits per heavy atom. The average Bonchev–Trinajstić information content (AvgIpc) is 2.28. The lowest BCUT2D eigenvalue weighted by Gasteiger charge is -2.00. The van der Waals surface area contributed by atoms with Crippen molar-refractivity contribution < 1.29 is 17.7 Å². The van der Waals surface area contributed by atoms with Crippen molar-refractivity contribution in [3.63, 3.8) is 0 Å². The van der Waals surface area contributed by atoms with Crippen LogP contribution in [0.3, 0.4) is 0 Å². The molecular formula is C12H16O4S. The minimum absolute atomic E-state index is 0.248. The average molecular weight is 256 g/mol. The number of rotatable bonds is 7. The predicted octanol–water partition coefficient (Wildman–Crippen LogP) is 2.04. The summed E-state index contributed by atoms with van der Waals surface area (Å²) in [5.74, 6) is -0.248. The maximum absolute atomic E-state index is 10.4. The molecule has 0 aliphatic heterocycles. The van der Waals surface area contributed by atoms with Crippen molar-refractivity contribution in [3.8, 4) is 0 Å². The van der Waals surface area contributed by atoms with Crippen LogP contribution in [0.1, 0.15) is 12.0 Å². The second kappa shape index (κ2) is 7.21. The monoisotopic (exact) mass is 256 g/mol. The summed E-state index contributed by atoms with van der Waals surface area (Å²) in [6.07, 6.45) is 3.72. The third-order valence-electron chi connectivity index (χ3n) is 2.03. The molecule has 0 atom stereocenters. The van der Waals surface area contributed by atoms with Crippen LogP contribution in [0.4, 0.5) is 0 Å². The largest absolute Gasteiger partial charge is 0.373 e. The molecular weight excluding hydrogens is 240 g/mol. The van der Waals surface area contributed by atoms with Crippen molar-refractivity contribution in [1.82, 2.24) is 0 Å². The van der Waals surface area contributed by atoms with E-state index in [2.05, 4.69) is 0 Å². The molecule has 0 unspecified atom stereocenters. The van der Waals surface area contributed by atoms with Crippen LogP contribution in [0.15, 0.2) is 42.5 Å². The van der Waals surface area contributed by atoms with Crippen molar-refractivity contribution in [2.45, 2.75) is 13.0 Å². The Labute approximate surface area is 102 Å². The van der Waals surface area contributed by atoms with Crippen LogP contribution >= 0.6 is 0 Å². The summed E-state index contributed by atoms with van der Waals surface area (Å²) in [6.45, 7) is 0.962. The molecule has 0 aliphatic rings. The first-order chi connectivity index (χ1) is 8.08. The first-order valence-corrected chi connectivity index (χ1v) is 6.91. The van der Waals surface area contributed by atoms with Gasteiger partial charge in [-0.3, -0.25) is 4.55 Å². The molecule has 5 heteroatoms. The molecule has 1 N–H and O–H groups in total. The standard InChI is InChI=1S/C12H16O4S/c13-17(14,15)10-6-2-5-9-16-11-12-7-3-1-4-8-12/h1-5,7-8H,6,9-11H2,(H,13,14,15)/b5-2-. The van der Waals surface area contributed by atoms with E-state index in [4.69, 9.17) is 9.29 Å². The fourth-order valence-electron chi connectivity index (χ4n) is 1.22. The van der Waals surface area contributed by atoms with E-state index in [1.165, 1.54) is 0 Å². The SMILES string of the molecule is O=S(=O)(O)CC/C=C\COCc1ccccc1. The topological polar surface area (TPSA) is 63.6 Å². The molecule has 17 heavy (non-hydrogen) atoms. The van der Waals surface area contributed by atoms with Gasteiger partial charge in [0.1, 0.15) is 0 Å². The van der Waals surface area contributed by atoms with Crippen LogP contribution in [0.25, 0.3) is 0 Å². The van der Waals surface area contributed by atoms with Gasteiger partial charge in [0.15, 0.2) is 0 Å². The number of allylic oxidation sites excluding steroid dienone is 1. The summed E-state index contributed by atoms with van der Waals surface area (Å²) < 4.78 is 34.6. The molecule has 0 amide bonds. The Morgan fingerprint density at radius 1 is 1.18 bits per heavy atom. The molecule has 0 bridgehead atoms. The zero-order valence-electron chi connectivity index (χ0n) is 9.45. The van der Waals surface area contributed by atoms with Gasteiger partial charge in [-0.25, -0.2) is 0 Å². The summed E-state index contributed by atoms with van der Waals surface area (Å²) in [4.78, 5) is 0. The molecule has 0 aliphatic carbocycles. The second-order valence-corrected chi connectivity index (χ2v) is 5.12. The minimum Gasteiger partial charge on any atom is -0.373 e. The van der Waals surface area contributed by atoms with Crippen molar-refractivity contribution in [2.75, 3.05) is 12.4 Å². The smallest absolute Gasteiger partial charge is 0.265 e. The van der Waals surface area contributed by atoms with E-state index in [0.29, 0.717) is 19.6 Å². The molecule has 0 radical (unpaired) electrons. The van der Waals surface area contributed by atoms with Gasteiger partial charge in [0.25, 0.3) is 10.1 Å². The highest BCUT2D eigenvalue weighted by Gasteiger charge is 2.00. The number of hydrogen-bond donors (Lipinski definition) is 1. The summed E-state index contributed by atoms with van der Waals surface area (Å²) in [5, 5.41) is 0. The lowest BCUT2D eigenvalue weighted by atomic mass is 10.2. The molecule has 0 fully saturated rings. The Bertz CT molecular complexity index is 437. The van der Waals surface area contributed by atoms with Crippen molar-refractivity contribution in [2.24, 2.45) is 0 Å². The lowest BCUT2D eigenvalue weighted by Crippen LogP contribution is -2.02. The first kappa shape index (κ1) is 13.9. The Hall–Kier alpha value is -1.17. The van der Waals surface area contributed by atoms with Crippen molar-refractivity contribution >= 4 is 10.1 Å². The van der Waals surface area contributed by atoms with Gasteiger partial charge in [0.2, 0.25) is 0 Å². The third-order valence-corrected chi connectivity index (χ3v) is 2.79. The number of ether oxygens (including phenoxy) is 1. The molecule has 0 spiro atoms. The zero-order chi connectivity index (χ0) is 12.6. The lowest BCUT2D eigenvalue weighted by molar-refractivity contribution is 0.148. The summed E-state index contributed by atoms with van der Waals surface area (Å²) in [6, 6.07) is 9.78. The molecule has 0 saturated heterocycles. The highest BCUT2D eigenvalue weighted by Crippen LogP contribution is 2.00. The van der Waals surface area contributed by atoms with E-state index in [1.54, 1.807) is 12.2 Å². The van der Waals surface area contributed by atoms with Crippen LogP contribution < -0.4 is 0 Å². The Morgan fingerprint density at radius 3 is 2.53 bits per heavy atom. The predicted molar refractivity (Wildman–Crippen MR) is 66.3 cm³/mol. The fourth-order valence-corrected chi connectivity index (χ4v) is 1.66. The Balaban J connectivity index is 2.10. The van der Waals surface area contributed by atoms with Crippen LogP contribution in [-0.2, 0) is 21.5 Å². The molecule has 94 valence electrons. The fraction of sp³-hybridized carbons (Fsp3) is 0.333. The number of hydrogen-bond acceptors (Lipinski definition) is 3. The minimum atomic E-state index is -3.85. The molecule has 4 nitrogen and oxygen atoms in total. The molecule has 0 heterocycles. The maximum atomic E-state index is 10.4. The second-order valence-electron chi connectivity index (χ2n) is 3.55. The van der Waals surface area contributed by atoms with Crippen molar-refractivity contribution in [1.29, 1.82) is 0 Å². The summed E-state index contributed by atoms with van der Waals surface area (Å²) in [5.41, 5.74) is 1.10. The first-order valence-electron chi connectivity index (χ1n) is 5.30. The maximum Gasteiger partial charge on any atom is 0.265 e. The van der Waals surface area contributed by atoms with E-state index >= 15 is 0 Å². The molecule has 1 aromatic rings. The van der Waals surface area contributed by atoms with Gasteiger partial charge in [0.05, 0.1) is 19.0 Å².